The Labute approximate surface area is 395 Å². The second-order valence-corrected chi connectivity index (χ2v) is 26.3. The van der Waals surface area contributed by atoms with Gasteiger partial charge < -0.3 is 28.5 Å². The molecule has 0 bridgehead atoms. The fraction of sp³-hybridized carbons (Fsp3) is 0.831. The highest BCUT2D eigenvalue weighted by molar-refractivity contribution is 5.75. The van der Waals surface area contributed by atoms with Crippen LogP contribution >= 0.6 is 0 Å². The highest BCUT2D eigenvalue weighted by atomic mass is 16.7. The number of Topliss-reactive ketones (excluding diaryl/α,β-unsaturated/α-hetero) is 2. The van der Waals surface area contributed by atoms with E-state index in [-0.39, 0.29) is 22.0 Å². The van der Waals surface area contributed by atoms with Crippen molar-refractivity contribution in [2.24, 2.45) is 86.3 Å². The molecule has 0 unspecified atom stereocenters. The van der Waals surface area contributed by atoms with E-state index in [1.54, 1.807) is 19.4 Å². The van der Waals surface area contributed by atoms with Crippen LogP contribution in [0, 0.1) is 86.3 Å². The molecule has 6 heteroatoms. The zero-order valence-corrected chi connectivity index (χ0v) is 42.8. The Morgan fingerprint density at radius 1 is 0.569 bits per heavy atom. The molecule has 2 saturated heterocycles. The summed E-state index contributed by atoms with van der Waals surface area (Å²) in [5, 5.41) is 0. The molecule has 0 aromatic carbocycles. The molecule has 10 aliphatic rings. The Morgan fingerprint density at radius 2 is 0.969 bits per heavy atom. The van der Waals surface area contributed by atoms with Gasteiger partial charge in [0.25, 0.3) is 0 Å². The SMILES string of the molecule is C=C1C=C2CC3(CC[C@]2(C)[C@H]2CC[C@]4(C)[C@@H]([C@H](C)CCC(C)=O)CC[C@H]4[C@H]12)OCC(C)(C)CO3.C=C1C=C2CC3(CC[C@]2(C)[C@H]2CC[C@]4(C)[C@@H]([C@H](C)CCC(C)=O)CC[C@H]4[C@H]12)OCCO3. The van der Waals surface area contributed by atoms with Gasteiger partial charge >= 0.3 is 0 Å². The molecule has 6 saturated carbocycles. The van der Waals surface area contributed by atoms with Gasteiger partial charge in [-0.3, -0.25) is 0 Å². The van der Waals surface area contributed by atoms with Crippen molar-refractivity contribution in [3.05, 3.63) is 47.6 Å². The lowest BCUT2D eigenvalue weighted by atomic mass is 9.46. The molecule has 8 fully saturated rings. The third-order valence-corrected chi connectivity index (χ3v) is 21.9. The highest BCUT2D eigenvalue weighted by Crippen LogP contribution is 2.71. The first-order valence-electron chi connectivity index (χ1n) is 26.9. The molecule has 0 radical (unpaired) electrons. The average molecular weight is 895 g/mol. The van der Waals surface area contributed by atoms with Crippen LogP contribution < -0.4 is 0 Å². The lowest BCUT2D eigenvalue weighted by Gasteiger charge is -2.60. The monoisotopic (exact) mass is 895 g/mol. The van der Waals surface area contributed by atoms with E-state index in [1.807, 2.05) is 0 Å². The molecule has 2 spiro atoms. The summed E-state index contributed by atoms with van der Waals surface area (Å²) in [5.41, 5.74) is 7.24. The van der Waals surface area contributed by atoms with Crippen LogP contribution in [0.1, 0.15) is 185 Å². The molecule has 6 nitrogen and oxygen atoms in total. The number of fused-ring (bicyclic) bond motifs is 10. The van der Waals surface area contributed by atoms with Crippen molar-refractivity contribution in [1.82, 2.24) is 0 Å². The number of ether oxygens (including phenoxy) is 4. The predicted octanol–water partition coefficient (Wildman–Crippen LogP) is 14.0. The van der Waals surface area contributed by atoms with Crippen LogP contribution in [0.15, 0.2) is 47.6 Å². The molecule has 14 atom stereocenters. The van der Waals surface area contributed by atoms with Crippen LogP contribution in [-0.4, -0.2) is 49.6 Å². The topological polar surface area (TPSA) is 71.1 Å². The van der Waals surface area contributed by atoms with E-state index in [0.717, 1.165) is 108 Å². The lowest BCUT2D eigenvalue weighted by molar-refractivity contribution is -0.310. The molecular weight excluding hydrogens is 805 g/mol. The van der Waals surface area contributed by atoms with Gasteiger partial charge in [-0.2, -0.15) is 0 Å². The van der Waals surface area contributed by atoms with Crippen molar-refractivity contribution < 1.29 is 28.5 Å². The second kappa shape index (κ2) is 17.2. The van der Waals surface area contributed by atoms with Crippen LogP contribution in [0.5, 0.6) is 0 Å². The first kappa shape index (κ1) is 48.2. The second-order valence-electron chi connectivity index (χ2n) is 26.3. The zero-order chi connectivity index (χ0) is 46.5. The van der Waals surface area contributed by atoms with Gasteiger partial charge in [-0.25, -0.2) is 0 Å². The van der Waals surface area contributed by atoms with E-state index in [0.29, 0.717) is 57.9 Å². The molecule has 2 aliphatic heterocycles. The molecule has 2 heterocycles. The number of hydrogen-bond donors (Lipinski definition) is 0. The first-order valence-corrected chi connectivity index (χ1v) is 26.9. The van der Waals surface area contributed by atoms with Gasteiger partial charge in [-0.15, -0.1) is 0 Å². The van der Waals surface area contributed by atoms with Gasteiger partial charge in [0, 0.05) is 43.9 Å². The average Bonchev–Trinajstić information content (AvgIpc) is 3.97. The Bertz CT molecular complexity index is 1940. The normalized spacial score (nSPS) is 43.9. The molecule has 8 aliphatic carbocycles. The summed E-state index contributed by atoms with van der Waals surface area (Å²) in [5.74, 6) is 6.79. The van der Waals surface area contributed by atoms with E-state index in [9.17, 15) is 9.59 Å². The number of rotatable bonds is 8. The van der Waals surface area contributed by atoms with E-state index in [2.05, 4.69) is 74.1 Å². The van der Waals surface area contributed by atoms with Gasteiger partial charge in [0.05, 0.1) is 26.4 Å². The number of hydrogen-bond acceptors (Lipinski definition) is 6. The standard InChI is InChI=1S/C31H48O3.C28H42O3/c1-20(8-9-22(3)32)24-10-11-25-27-21(2)16-23-17-31(33-18-28(4,5)19-34-31)15-14-29(23,6)26(27)12-13-30(24,25)7;1-18(6-7-20(3)29)22-8-9-23-25-19(2)16-21-17-28(30-14-15-31-28)13-12-26(21,4)24(25)10-11-27(22,23)5/h16,20,24-27H,2,8-15,17-19H2,1,3-7H3;16,18,22-25H,2,6-15,17H2,1,3-5H3/t20-,24-,25+,26+,27+,29+,30-;18-,22-,23+,24+,25+,26+,27-/m11/s1. The highest BCUT2D eigenvalue weighted by Gasteiger charge is 2.63. The van der Waals surface area contributed by atoms with Gasteiger partial charge in [0.15, 0.2) is 11.6 Å². The van der Waals surface area contributed by atoms with Crippen molar-refractivity contribution in [3.63, 3.8) is 0 Å². The summed E-state index contributed by atoms with van der Waals surface area (Å²) in [6.45, 7) is 35.4. The molecule has 10 rings (SSSR count). The number of ketones is 2. The summed E-state index contributed by atoms with van der Waals surface area (Å²) in [6.07, 6.45) is 25.4. The van der Waals surface area contributed by atoms with Crippen LogP contribution in [0.3, 0.4) is 0 Å². The fourth-order valence-electron chi connectivity index (χ4n) is 18.0. The number of carbonyl (C=O) groups excluding carboxylic acids is 2. The third-order valence-electron chi connectivity index (χ3n) is 21.9. The van der Waals surface area contributed by atoms with Crippen molar-refractivity contribution in [2.75, 3.05) is 26.4 Å². The van der Waals surface area contributed by atoms with Crippen molar-refractivity contribution in [2.45, 2.75) is 196 Å². The maximum absolute atomic E-state index is 11.6. The molecule has 362 valence electrons. The molecular formula is C59H90O6. The molecule has 65 heavy (non-hydrogen) atoms. The minimum Gasteiger partial charge on any atom is -0.349 e. The van der Waals surface area contributed by atoms with Gasteiger partial charge in [0.1, 0.15) is 11.6 Å². The smallest absolute Gasteiger partial charge is 0.172 e. The van der Waals surface area contributed by atoms with Crippen LogP contribution in [0.4, 0.5) is 0 Å². The van der Waals surface area contributed by atoms with E-state index < -0.39 is 5.79 Å². The van der Waals surface area contributed by atoms with E-state index in [1.165, 1.54) is 74.5 Å². The molecule has 0 aromatic heterocycles. The summed E-state index contributed by atoms with van der Waals surface area (Å²) in [7, 11) is 0. The van der Waals surface area contributed by atoms with Crippen LogP contribution in [-0.2, 0) is 28.5 Å². The Hall–Kier alpha value is -1.86. The number of allylic oxidation sites excluding steroid dienone is 4. The molecule has 0 aromatic rings. The summed E-state index contributed by atoms with van der Waals surface area (Å²) < 4.78 is 25.1. The van der Waals surface area contributed by atoms with Crippen molar-refractivity contribution >= 4 is 11.6 Å². The van der Waals surface area contributed by atoms with Gasteiger partial charge in [-0.05, 0) is 172 Å². The minimum atomic E-state index is -0.415. The lowest BCUT2D eigenvalue weighted by Crippen LogP contribution is -2.56. The fourth-order valence-corrected chi connectivity index (χ4v) is 18.0. The zero-order valence-electron chi connectivity index (χ0n) is 42.8. The van der Waals surface area contributed by atoms with Crippen molar-refractivity contribution in [3.8, 4) is 0 Å². The Morgan fingerprint density at radius 3 is 1.37 bits per heavy atom. The Kier molecular flexibility index (Phi) is 12.8. The van der Waals surface area contributed by atoms with E-state index in [4.69, 9.17) is 25.5 Å². The molecule has 0 amide bonds. The predicted molar refractivity (Wildman–Crippen MR) is 261 cm³/mol. The van der Waals surface area contributed by atoms with Crippen molar-refractivity contribution in [1.29, 1.82) is 0 Å². The van der Waals surface area contributed by atoms with E-state index >= 15 is 0 Å². The summed E-state index contributed by atoms with van der Waals surface area (Å²) >= 11 is 0. The van der Waals surface area contributed by atoms with Gasteiger partial charge in [0.2, 0.25) is 0 Å². The largest absolute Gasteiger partial charge is 0.349 e. The summed E-state index contributed by atoms with van der Waals surface area (Å²) in [4.78, 5) is 23.2. The number of carbonyl (C=O) groups is 2. The minimum absolute atomic E-state index is 0.107. The maximum Gasteiger partial charge on any atom is 0.172 e. The van der Waals surface area contributed by atoms with Crippen LogP contribution in [0.25, 0.3) is 0 Å². The Balaban J connectivity index is 0.000000165. The quantitative estimate of drug-likeness (QED) is 0.242. The maximum atomic E-state index is 11.6. The first-order chi connectivity index (χ1) is 30.6. The molecule has 0 N–H and O–H groups in total. The summed E-state index contributed by atoms with van der Waals surface area (Å²) in [6, 6.07) is 0. The van der Waals surface area contributed by atoms with Gasteiger partial charge in [-0.1, -0.05) is 103 Å². The third kappa shape index (κ3) is 8.24. The van der Waals surface area contributed by atoms with Crippen LogP contribution in [0.2, 0.25) is 0 Å².